The summed E-state index contributed by atoms with van der Waals surface area (Å²) in [7, 11) is 0. The SMILES string of the molecule is CCc1nc2ccc(C(=O)N3CC(Oc4cc(C)oc(=O)c4)C3)cc2s1. The van der Waals surface area contributed by atoms with Crippen LogP contribution in [-0.2, 0) is 6.42 Å². The molecule has 3 aromatic rings. The van der Waals surface area contributed by atoms with Crippen LogP contribution in [0, 0.1) is 6.92 Å². The van der Waals surface area contributed by atoms with Crippen molar-refractivity contribution in [3.05, 3.63) is 57.1 Å². The third-order valence-electron chi connectivity index (χ3n) is 4.29. The minimum Gasteiger partial charge on any atom is -0.486 e. The maximum Gasteiger partial charge on any atom is 0.339 e. The molecule has 0 aliphatic carbocycles. The molecule has 0 N–H and O–H groups in total. The lowest BCUT2D eigenvalue weighted by molar-refractivity contribution is 0.0175. The van der Waals surface area contributed by atoms with Gasteiger partial charge in [-0.2, -0.15) is 0 Å². The summed E-state index contributed by atoms with van der Waals surface area (Å²) in [6.07, 6.45) is 0.782. The van der Waals surface area contributed by atoms with E-state index in [1.807, 2.05) is 18.2 Å². The number of likely N-dealkylation sites (tertiary alicyclic amines) is 1. The van der Waals surface area contributed by atoms with E-state index in [1.165, 1.54) is 6.07 Å². The minimum atomic E-state index is -0.434. The molecule has 6 nitrogen and oxygen atoms in total. The Morgan fingerprint density at radius 1 is 1.35 bits per heavy atom. The summed E-state index contributed by atoms with van der Waals surface area (Å²) in [6.45, 7) is 4.77. The van der Waals surface area contributed by atoms with Gasteiger partial charge in [0.2, 0.25) is 0 Å². The number of benzene rings is 1. The summed E-state index contributed by atoms with van der Waals surface area (Å²) in [6, 6.07) is 8.63. The number of fused-ring (bicyclic) bond motifs is 1. The Kier molecular flexibility index (Phi) is 4.24. The number of hydrogen-bond acceptors (Lipinski definition) is 6. The second-order valence-corrected chi connectivity index (χ2v) is 7.43. The van der Waals surface area contributed by atoms with Gasteiger partial charge < -0.3 is 14.1 Å². The zero-order valence-electron chi connectivity index (χ0n) is 14.5. The molecule has 1 fully saturated rings. The van der Waals surface area contributed by atoms with E-state index in [2.05, 4.69) is 11.9 Å². The normalized spacial score (nSPS) is 14.5. The molecule has 1 aromatic carbocycles. The Bertz CT molecular complexity index is 1030. The molecule has 0 unspecified atom stereocenters. The maximum absolute atomic E-state index is 12.6. The third-order valence-corrected chi connectivity index (χ3v) is 5.45. The molecule has 1 saturated heterocycles. The largest absolute Gasteiger partial charge is 0.486 e. The van der Waals surface area contributed by atoms with Crippen molar-refractivity contribution >= 4 is 27.5 Å². The number of thiazole rings is 1. The van der Waals surface area contributed by atoms with Crippen LogP contribution in [0.15, 0.2) is 39.5 Å². The molecule has 134 valence electrons. The van der Waals surface area contributed by atoms with E-state index in [4.69, 9.17) is 9.15 Å². The van der Waals surface area contributed by atoms with Crippen molar-refractivity contribution in [2.24, 2.45) is 0 Å². The Labute approximate surface area is 154 Å². The Balaban J connectivity index is 1.42. The fraction of sp³-hybridized carbons (Fsp3) is 0.316. The molecular weight excluding hydrogens is 352 g/mol. The first-order valence-electron chi connectivity index (χ1n) is 8.49. The number of carbonyl (C=O) groups is 1. The predicted octanol–water partition coefficient (Wildman–Crippen LogP) is 3.02. The smallest absolute Gasteiger partial charge is 0.339 e. The van der Waals surface area contributed by atoms with Gasteiger partial charge in [-0.15, -0.1) is 11.3 Å². The topological polar surface area (TPSA) is 72.6 Å². The first kappa shape index (κ1) is 16.8. The van der Waals surface area contributed by atoms with Gasteiger partial charge in [-0.25, -0.2) is 9.78 Å². The molecule has 0 saturated carbocycles. The van der Waals surface area contributed by atoms with Crippen LogP contribution in [0.2, 0.25) is 0 Å². The van der Waals surface area contributed by atoms with Crippen LogP contribution < -0.4 is 10.4 Å². The average molecular weight is 370 g/mol. The van der Waals surface area contributed by atoms with Crippen LogP contribution >= 0.6 is 11.3 Å². The van der Waals surface area contributed by atoms with Crippen molar-refractivity contribution in [2.75, 3.05) is 13.1 Å². The van der Waals surface area contributed by atoms with Crippen molar-refractivity contribution < 1.29 is 13.9 Å². The third kappa shape index (κ3) is 3.22. The fourth-order valence-corrected chi connectivity index (χ4v) is 3.90. The maximum atomic E-state index is 12.6. The van der Waals surface area contributed by atoms with Gasteiger partial charge in [-0.1, -0.05) is 6.92 Å². The number of aryl methyl sites for hydroxylation is 2. The second-order valence-electron chi connectivity index (χ2n) is 6.32. The van der Waals surface area contributed by atoms with E-state index < -0.39 is 5.63 Å². The first-order chi connectivity index (χ1) is 12.5. The van der Waals surface area contributed by atoms with Gasteiger partial charge in [-0.05, 0) is 31.5 Å². The van der Waals surface area contributed by atoms with Crippen LogP contribution in [0.5, 0.6) is 5.75 Å². The highest BCUT2D eigenvalue weighted by atomic mass is 32.1. The van der Waals surface area contributed by atoms with Crippen molar-refractivity contribution in [3.8, 4) is 5.75 Å². The van der Waals surface area contributed by atoms with Crippen molar-refractivity contribution in [1.82, 2.24) is 9.88 Å². The molecule has 7 heteroatoms. The van der Waals surface area contributed by atoms with Gasteiger partial charge in [0, 0.05) is 11.6 Å². The van der Waals surface area contributed by atoms with Gasteiger partial charge in [0.05, 0.1) is 34.4 Å². The van der Waals surface area contributed by atoms with Gasteiger partial charge in [0.15, 0.2) is 0 Å². The summed E-state index contributed by atoms with van der Waals surface area (Å²) in [5.74, 6) is 0.972. The van der Waals surface area contributed by atoms with E-state index in [9.17, 15) is 9.59 Å². The Hall–Kier alpha value is -2.67. The zero-order valence-corrected chi connectivity index (χ0v) is 15.3. The monoisotopic (exact) mass is 370 g/mol. The first-order valence-corrected chi connectivity index (χ1v) is 9.30. The zero-order chi connectivity index (χ0) is 18.3. The highest BCUT2D eigenvalue weighted by Crippen LogP contribution is 2.25. The molecule has 0 atom stereocenters. The van der Waals surface area contributed by atoms with E-state index in [-0.39, 0.29) is 12.0 Å². The van der Waals surface area contributed by atoms with Crippen molar-refractivity contribution in [1.29, 1.82) is 0 Å². The lowest BCUT2D eigenvalue weighted by Crippen LogP contribution is -2.56. The summed E-state index contributed by atoms with van der Waals surface area (Å²) in [5.41, 5.74) is 1.17. The van der Waals surface area contributed by atoms with E-state index in [0.29, 0.717) is 30.2 Å². The number of aromatic nitrogens is 1. The molecule has 1 aliphatic heterocycles. The molecule has 1 aliphatic rings. The van der Waals surface area contributed by atoms with Gasteiger partial charge in [0.1, 0.15) is 17.6 Å². The summed E-state index contributed by atoms with van der Waals surface area (Å²) >= 11 is 1.63. The lowest BCUT2D eigenvalue weighted by Gasteiger charge is -2.39. The molecule has 1 amide bonds. The minimum absolute atomic E-state index is 0.0121. The lowest BCUT2D eigenvalue weighted by atomic mass is 10.1. The molecule has 0 bridgehead atoms. The Morgan fingerprint density at radius 2 is 2.15 bits per heavy atom. The van der Waals surface area contributed by atoms with E-state index in [0.717, 1.165) is 21.6 Å². The molecule has 0 spiro atoms. The van der Waals surface area contributed by atoms with Crippen LogP contribution in [0.4, 0.5) is 0 Å². The van der Waals surface area contributed by atoms with Crippen molar-refractivity contribution in [2.45, 2.75) is 26.4 Å². The molecule has 26 heavy (non-hydrogen) atoms. The summed E-state index contributed by atoms with van der Waals surface area (Å²) in [4.78, 5) is 30.3. The van der Waals surface area contributed by atoms with E-state index >= 15 is 0 Å². The fourth-order valence-electron chi connectivity index (χ4n) is 2.95. The average Bonchev–Trinajstić information content (AvgIpc) is 2.98. The highest BCUT2D eigenvalue weighted by Gasteiger charge is 2.33. The molecular formula is C19H18N2O4S. The molecule has 3 heterocycles. The standard InChI is InChI=1S/C19H18N2O4S/c1-3-17-20-15-5-4-12(7-16(15)26-17)19(23)21-9-14(10-21)25-13-6-11(2)24-18(22)8-13/h4-8,14H,3,9-10H2,1-2H3. The number of carbonyl (C=O) groups excluding carboxylic acids is 1. The number of rotatable bonds is 4. The van der Waals surface area contributed by atoms with Crippen LogP contribution in [0.3, 0.4) is 0 Å². The van der Waals surface area contributed by atoms with Gasteiger partial charge in [-0.3, -0.25) is 4.79 Å². The van der Waals surface area contributed by atoms with Crippen molar-refractivity contribution in [3.63, 3.8) is 0 Å². The predicted molar refractivity (Wildman–Crippen MR) is 99.0 cm³/mol. The van der Waals surface area contributed by atoms with Gasteiger partial charge in [0.25, 0.3) is 5.91 Å². The molecule has 4 rings (SSSR count). The van der Waals surface area contributed by atoms with Gasteiger partial charge >= 0.3 is 5.63 Å². The number of ether oxygens (including phenoxy) is 1. The molecule has 2 aromatic heterocycles. The summed E-state index contributed by atoms with van der Waals surface area (Å²) in [5, 5.41) is 1.07. The van der Waals surface area contributed by atoms with Crippen LogP contribution in [-0.4, -0.2) is 35.0 Å². The van der Waals surface area contributed by atoms with Crippen LogP contribution in [0.25, 0.3) is 10.2 Å². The number of hydrogen-bond donors (Lipinski definition) is 0. The number of amides is 1. The Morgan fingerprint density at radius 3 is 2.88 bits per heavy atom. The van der Waals surface area contributed by atoms with E-state index in [1.54, 1.807) is 29.2 Å². The number of nitrogens with zero attached hydrogens (tertiary/aromatic N) is 2. The summed E-state index contributed by atoms with van der Waals surface area (Å²) < 4.78 is 11.7. The highest BCUT2D eigenvalue weighted by molar-refractivity contribution is 7.18. The second kappa shape index (κ2) is 6.57. The quantitative estimate of drug-likeness (QED) is 0.706. The van der Waals surface area contributed by atoms with Crippen LogP contribution in [0.1, 0.15) is 28.0 Å². The molecule has 0 radical (unpaired) electrons.